The van der Waals surface area contributed by atoms with Crippen molar-refractivity contribution in [3.63, 3.8) is 0 Å². The van der Waals surface area contributed by atoms with Gasteiger partial charge in [-0.15, -0.1) is 11.3 Å². The van der Waals surface area contributed by atoms with Crippen molar-refractivity contribution in [1.29, 1.82) is 0 Å². The highest BCUT2D eigenvalue weighted by Gasteiger charge is 2.32. The highest BCUT2D eigenvalue weighted by molar-refractivity contribution is 7.11. The average Bonchev–Trinajstić information content (AvgIpc) is 3.15. The minimum atomic E-state index is 0.0750. The topological polar surface area (TPSA) is 39.1 Å². The monoisotopic (exact) mass is 291 g/mol. The van der Waals surface area contributed by atoms with E-state index in [4.69, 9.17) is 4.74 Å². The molecule has 1 aliphatic rings. The smallest absolute Gasteiger partial charge is 0.139 e. The second-order valence-corrected chi connectivity index (χ2v) is 6.52. The van der Waals surface area contributed by atoms with Gasteiger partial charge in [-0.2, -0.15) is 0 Å². The van der Waals surface area contributed by atoms with Crippen molar-refractivity contribution in [2.75, 3.05) is 6.61 Å². The molecule has 0 aliphatic carbocycles. The fraction of sp³-hybridized carbons (Fsp3) is 0.533. The van der Waals surface area contributed by atoms with Crippen molar-refractivity contribution in [1.82, 2.24) is 14.9 Å². The van der Waals surface area contributed by atoms with E-state index < -0.39 is 0 Å². The van der Waals surface area contributed by atoms with Gasteiger partial charge in [0.1, 0.15) is 11.9 Å². The number of hydrogen-bond acceptors (Lipinski definition) is 4. The van der Waals surface area contributed by atoms with Gasteiger partial charge < -0.3 is 14.6 Å². The highest BCUT2D eigenvalue weighted by atomic mass is 32.1. The Kier molecular flexibility index (Phi) is 4.19. The third-order valence-corrected chi connectivity index (χ3v) is 4.77. The Hall–Kier alpha value is -1.17. The molecule has 2 atom stereocenters. The summed E-state index contributed by atoms with van der Waals surface area (Å²) >= 11 is 1.85. The number of rotatable bonds is 5. The van der Waals surface area contributed by atoms with E-state index in [1.807, 2.05) is 23.7 Å². The Morgan fingerprint density at radius 3 is 3.15 bits per heavy atom. The average molecular weight is 291 g/mol. The van der Waals surface area contributed by atoms with Crippen LogP contribution in [0.25, 0.3) is 0 Å². The molecule has 108 valence electrons. The lowest BCUT2D eigenvalue weighted by atomic mass is 10.1. The molecule has 3 heterocycles. The van der Waals surface area contributed by atoms with Crippen LogP contribution in [0.15, 0.2) is 24.5 Å². The summed E-state index contributed by atoms with van der Waals surface area (Å²) in [5, 5.41) is 3.63. The van der Waals surface area contributed by atoms with E-state index in [0.29, 0.717) is 6.04 Å². The van der Waals surface area contributed by atoms with Crippen LogP contribution in [-0.2, 0) is 17.8 Å². The molecule has 1 aliphatic heterocycles. The molecule has 1 saturated heterocycles. The Balaban J connectivity index is 1.66. The Morgan fingerprint density at radius 1 is 1.50 bits per heavy atom. The van der Waals surface area contributed by atoms with Crippen molar-refractivity contribution < 1.29 is 4.74 Å². The molecule has 0 amide bonds. The summed E-state index contributed by atoms with van der Waals surface area (Å²) in [7, 11) is 0. The van der Waals surface area contributed by atoms with E-state index in [2.05, 4.69) is 40.8 Å². The summed E-state index contributed by atoms with van der Waals surface area (Å²) in [5.41, 5.74) is 0. The summed E-state index contributed by atoms with van der Waals surface area (Å²) < 4.78 is 8.07. The highest BCUT2D eigenvalue weighted by Crippen LogP contribution is 2.28. The summed E-state index contributed by atoms with van der Waals surface area (Å²) in [6, 6.07) is 4.73. The number of nitrogens with zero attached hydrogens (tertiary/aromatic N) is 2. The molecule has 0 unspecified atom stereocenters. The van der Waals surface area contributed by atoms with Gasteiger partial charge in [-0.05, 0) is 32.4 Å². The molecular weight excluding hydrogens is 270 g/mol. The number of thiophene rings is 1. The van der Waals surface area contributed by atoms with Crippen molar-refractivity contribution in [3.05, 3.63) is 40.1 Å². The van der Waals surface area contributed by atoms with Gasteiger partial charge in [-0.1, -0.05) is 0 Å². The van der Waals surface area contributed by atoms with Crippen LogP contribution >= 0.6 is 11.3 Å². The molecule has 0 saturated carbocycles. The van der Waals surface area contributed by atoms with Gasteiger partial charge in [-0.25, -0.2) is 4.98 Å². The van der Waals surface area contributed by atoms with Crippen LogP contribution in [-0.4, -0.2) is 22.2 Å². The number of aryl methyl sites for hydroxylation is 2. The van der Waals surface area contributed by atoms with Crippen LogP contribution in [0, 0.1) is 6.92 Å². The number of nitrogens with one attached hydrogen (secondary N) is 1. The molecule has 1 N–H and O–H groups in total. The molecular formula is C15H21N3OS. The van der Waals surface area contributed by atoms with Crippen LogP contribution in [0.5, 0.6) is 0 Å². The maximum absolute atomic E-state index is 5.90. The summed E-state index contributed by atoms with van der Waals surface area (Å²) in [5.74, 6) is 1.05. The summed E-state index contributed by atoms with van der Waals surface area (Å²) in [6.07, 6.45) is 5.01. The minimum absolute atomic E-state index is 0.0750. The van der Waals surface area contributed by atoms with E-state index in [9.17, 15) is 0 Å². The van der Waals surface area contributed by atoms with Crippen LogP contribution in [0.2, 0.25) is 0 Å². The fourth-order valence-corrected chi connectivity index (χ4v) is 3.55. The van der Waals surface area contributed by atoms with E-state index in [1.165, 1.54) is 9.75 Å². The maximum atomic E-state index is 5.90. The van der Waals surface area contributed by atoms with Crippen molar-refractivity contribution in [3.8, 4) is 0 Å². The predicted molar refractivity (Wildman–Crippen MR) is 80.9 cm³/mol. The van der Waals surface area contributed by atoms with E-state index >= 15 is 0 Å². The van der Waals surface area contributed by atoms with Crippen LogP contribution in [0.4, 0.5) is 0 Å². The summed E-state index contributed by atoms with van der Waals surface area (Å²) in [4.78, 5) is 7.22. The number of ether oxygens (including phenoxy) is 1. The van der Waals surface area contributed by atoms with Crippen molar-refractivity contribution in [2.45, 2.75) is 45.5 Å². The molecule has 0 radical (unpaired) electrons. The lowest BCUT2D eigenvalue weighted by Crippen LogP contribution is -2.32. The molecule has 0 spiro atoms. The normalized spacial score (nSPS) is 22.5. The summed E-state index contributed by atoms with van der Waals surface area (Å²) in [6.45, 7) is 6.94. The number of aromatic nitrogens is 2. The zero-order valence-electron chi connectivity index (χ0n) is 12.0. The Labute approximate surface area is 123 Å². The molecule has 0 aromatic carbocycles. The van der Waals surface area contributed by atoms with Crippen LogP contribution < -0.4 is 5.32 Å². The first-order valence-electron chi connectivity index (χ1n) is 7.19. The zero-order valence-corrected chi connectivity index (χ0v) is 12.8. The molecule has 5 heteroatoms. The third kappa shape index (κ3) is 2.80. The molecule has 20 heavy (non-hydrogen) atoms. The van der Waals surface area contributed by atoms with Crippen molar-refractivity contribution >= 4 is 11.3 Å². The maximum Gasteiger partial charge on any atom is 0.139 e. The quantitative estimate of drug-likeness (QED) is 0.920. The van der Waals surface area contributed by atoms with Gasteiger partial charge in [0, 0.05) is 47.9 Å². The second kappa shape index (κ2) is 6.08. The Morgan fingerprint density at radius 2 is 2.40 bits per heavy atom. The Bertz CT molecular complexity index is 563. The fourth-order valence-electron chi connectivity index (χ4n) is 2.71. The third-order valence-electron chi connectivity index (χ3n) is 3.77. The molecule has 3 rings (SSSR count). The van der Waals surface area contributed by atoms with Gasteiger partial charge in [0.2, 0.25) is 0 Å². The number of imidazole rings is 1. The molecule has 2 aromatic heterocycles. The largest absolute Gasteiger partial charge is 0.369 e. The van der Waals surface area contributed by atoms with Crippen LogP contribution in [0.1, 0.15) is 35.0 Å². The molecule has 4 nitrogen and oxygen atoms in total. The molecule has 0 bridgehead atoms. The minimum Gasteiger partial charge on any atom is -0.369 e. The molecule has 1 fully saturated rings. The molecule has 2 aromatic rings. The van der Waals surface area contributed by atoms with E-state index in [-0.39, 0.29) is 6.10 Å². The van der Waals surface area contributed by atoms with Crippen molar-refractivity contribution in [2.24, 2.45) is 0 Å². The SMILES string of the molecule is CCn1ccnc1[C@H]1OCC[C@@H]1NCc1ccc(C)s1. The lowest BCUT2D eigenvalue weighted by Gasteiger charge is -2.20. The lowest BCUT2D eigenvalue weighted by molar-refractivity contribution is 0.0886. The number of hydrogen-bond donors (Lipinski definition) is 1. The first kappa shape index (κ1) is 13.8. The second-order valence-electron chi connectivity index (χ2n) is 5.15. The van der Waals surface area contributed by atoms with Gasteiger partial charge >= 0.3 is 0 Å². The van der Waals surface area contributed by atoms with Gasteiger partial charge in [-0.3, -0.25) is 0 Å². The van der Waals surface area contributed by atoms with Gasteiger partial charge in [0.25, 0.3) is 0 Å². The first-order valence-corrected chi connectivity index (χ1v) is 8.01. The van der Waals surface area contributed by atoms with Gasteiger partial charge in [0.05, 0.1) is 0 Å². The van der Waals surface area contributed by atoms with Gasteiger partial charge in [0.15, 0.2) is 0 Å². The first-order chi connectivity index (χ1) is 9.78. The van der Waals surface area contributed by atoms with Crippen LogP contribution in [0.3, 0.4) is 0 Å². The predicted octanol–water partition coefficient (Wildman–Crippen LogP) is 2.89. The standard InChI is InChI=1S/C15H21N3OS/c1-3-18-8-7-16-15(18)14-13(6-9-19-14)17-10-12-5-4-11(2)20-12/h4-5,7-8,13-14,17H,3,6,9-10H2,1-2H3/t13-,14-/m0/s1. The zero-order chi connectivity index (χ0) is 13.9. The van der Waals surface area contributed by atoms with E-state index in [0.717, 1.165) is 31.9 Å². The van der Waals surface area contributed by atoms with E-state index in [1.54, 1.807) is 0 Å².